The molecule has 0 saturated heterocycles. The fraction of sp³-hybridized carbons (Fsp3) is 0.500. The number of hydrogen-bond acceptors (Lipinski definition) is 4. The molecular formula is C12H18N2O2S. The lowest BCUT2D eigenvalue weighted by Crippen LogP contribution is -2.31. The number of amides is 1. The molecule has 0 aromatic carbocycles. The summed E-state index contributed by atoms with van der Waals surface area (Å²) in [6.45, 7) is 5.54. The minimum Gasteiger partial charge on any atom is -0.387 e. The summed E-state index contributed by atoms with van der Waals surface area (Å²) in [5.74, 6) is 0.401. The van der Waals surface area contributed by atoms with E-state index in [-0.39, 0.29) is 11.9 Å². The van der Waals surface area contributed by atoms with E-state index >= 15 is 0 Å². The maximum absolute atomic E-state index is 11.4. The molecule has 1 amide bonds. The van der Waals surface area contributed by atoms with Crippen molar-refractivity contribution in [1.82, 2.24) is 10.3 Å². The molecule has 4 nitrogen and oxygen atoms in total. The second-order valence-corrected chi connectivity index (χ2v) is 5.15. The maximum atomic E-state index is 11.4. The summed E-state index contributed by atoms with van der Waals surface area (Å²) in [5, 5.41) is 12.1. The van der Waals surface area contributed by atoms with Crippen molar-refractivity contribution in [1.29, 1.82) is 0 Å². The second kappa shape index (κ2) is 6.61. The Bertz CT molecular complexity index is 363. The number of aromatic nitrogens is 1. The Labute approximate surface area is 106 Å². The summed E-state index contributed by atoms with van der Waals surface area (Å²) >= 11 is 1.43. The van der Waals surface area contributed by atoms with E-state index in [1.165, 1.54) is 11.8 Å². The SMILES string of the molecule is CC(C)NC(=O)CSc1ccc([C@@H](C)O)nc1. The summed E-state index contributed by atoms with van der Waals surface area (Å²) in [7, 11) is 0. The summed E-state index contributed by atoms with van der Waals surface area (Å²) in [6, 6.07) is 3.80. The maximum Gasteiger partial charge on any atom is 0.230 e. The molecule has 1 aromatic rings. The van der Waals surface area contributed by atoms with Crippen LogP contribution in [0.15, 0.2) is 23.2 Å². The van der Waals surface area contributed by atoms with Crippen molar-refractivity contribution in [3.05, 3.63) is 24.0 Å². The van der Waals surface area contributed by atoms with Crippen LogP contribution in [0, 0.1) is 0 Å². The highest BCUT2D eigenvalue weighted by Gasteiger charge is 2.06. The topological polar surface area (TPSA) is 62.2 Å². The van der Waals surface area contributed by atoms with Crippen LogP contribution in [0.5, 0.6) is 0 Å². The van der Waals surface area contributed by atoms with Crippen molar-refractivity contribution in [3.63, 3.8) is 0 Å². The van der Waals surface area contributed by atoms with Gasteiger partial charge >= 0.3 is 0 Å². The lowest BCUT2D eigenvalue weighted by molar-refractivity contribution is -0.119. The Kier molecular flexibility index (Phi) is 5.44. The van der Waals surface area contributed by atoms with Gasteiger partial charge in [0.05, 0.1) is 17.6 Å². The molecule has 0 radical (unpaired) electrons. The zero-order valence-corrected chi connectivity index (χ0v) is 11.1. The molecule has 1 heterocycles. The van der Waals surface area contributed by atoms with Gasteiger partial charge in [0.15, 0.2) is 0 Å². The first kappa shape index (κ1) is 14.0. The van der Waals surface area contributed by atoms with Gasteiger partial charge in [-0.15, -0.1) is 11.8 Å². The number of nitrogens with zero attached hydrogens (tertiary/aromatic N) is 1. The van der Waals surface area contributed by atoms with E-state index in [4.69, 9.17) is 0 Å². The number of aliphatic hydroxyl groups excluding tert-OH is 1. The van der Waals surface area contributed by atoms with Gasteiger partial charge in [-0.25, -0.2) is 0 Å². The Morgan fingerprint density at radius 3 is 2.65 bits per heavy atom. The van der Waals surface area contributed by atoms with Crippen molar-refractivity contribution in [2.75, 3.05) is 5.75 Å². The average molecular weight is 254 g/mol. The third kappa shape index (κ3) is 5.19. The number of pyridine rings is 1. The molecule has 17 heavy (non-hydrogen) atoms. The van der Waals surface area contributed by atoms with Crippen molar-refractivity contribution in [2.45, 2.75) is 37.8 Å². The van der Waals surface area contributed by atoms with Crippen molar-refractivity contribution < 1.29 is 9.90 Å². The number of carbonyl (C=O) groups excluding carboxylic acids is 1. The van der Waals surface area contributed by atoms with E-state index in [1.54, 1.807) is 19.2 Å². The molecule has 2 N–H and O–H groups in total. The molecule has 0 aliphatic rings. The largest absolute Gasteiger partial charge is 0.387 e. The zero-order chi connectivity index (χ0) is 12.8. The fourth-order valence-corrected chi connectivity index (χ4v) is 1.91. The van der Waals surface area contributed by atoms with Gasteiger partial charge < -0.3 is 10.4 Å². The Hall–Kier alpha value is -1.07. The number of carbonyl (C=O) groups is 1. The van der Waals surface area contributed by atoms with Gasteiger partial charge in [0, 0.05) is 17.1 Å². The zero-order valence-electron chi connectivity index (χ0n) is 10.3. The van der Waals surface area contributed by atoms with Crippen LogP contribution in [0.4, 0.5) is 0 Å². The van der Waals surface area contributed by atoms with Gasteiger partial charge in [-0.05, 0) is 32.9 Å². The number of nitrogens with one attached hydrogen (secondary N) is 1. The predicted molar refractivity (Wildman–Crippen MR) is 68.9 cm³/mol. The third-order valence-electron chi connectivity index (χ3n) is 2.01. The van der Waals surface area contributed by atoms with E-state index in [9.17, 15) is 9.90 Å². The highest BCUT2D eigenvalue weighted by atomic mass is 32.2. The smallest absolute Gasteiger partial charge is 0.230 e. The summed E-state index contributed by atoms with van der Waals surface area (Å²) in [4.78, 5) is 16.4. The monoisotopic (exact) mass is 254 g/mol. The van der Waals surface area contributed by atoms with E-state index in [1.807, 2.05) is 19.9 Å². The molecule has 0 aliphatic heterocycles. The van der Waals surface area contributed by atoms with Gasteiger partial charge in [0.2, 0.25) is 5.91 Å². The molecular weight excluding hydrogens is 236 g/mol. The lowest BCUT2D eigenvalue weighted by atomic mass is 10.2. The molecule has 0 unspecified atom stereocenters. The number of aliphatic hydroxyl groups is 1. The Morgan fingerprint density at radius 1 is 1.47 bits per heavy atom. The molecule has 0 spiro atoms. The Morgan fingerprint density at radius 2 is 2.18 bits per heavy atom. The van der Waals surface area contributed by atoms with Crippen LogP contribution in [0.2, 0.25) is 0 Å². The van der Waals surface area contributed by atoms with Gasteiger partial charge in [-0.2, -0.15) is 0 Å². The predicted octanol–water partition coefficient (Wildman–Crippen LogP) is 1.75. The van der Waals surface area contributed by atoms with Gasteiger partial charge in [0.1, 0.15) is 0 Å². The second-order valence-electron chi connectivity index (χ2n) is 4.11. The normalized spacial score (nSPS) is 12.5. The van der Waals surface area contributed by atoms with E-state index in [0.29, 0.717) is 11.4 Å². The summed E-state index contributed by atoms with van der Waals surface area (Å²) < 4.78 is 0. The quantitative estimate of drug-likeness (QED) is 0.786. The van der Waals surface area contributed by atoms with Crippen LogP contribution < -0.4 is 5.32 Å². The van der Waals surface area contributed by atoms with Crippen LogP contribution in [-0.2, 0) is 4.79 Å². The highest BCUT2D eigenvalue weighted by Crippen LogP contribution is 2.18. The molecule has 1 atom stereocenters. The van der Waals surface area contributed by atoms with Gasteiger partial charge in [0.25, 0.3) is 0 Å². The van der Waals surface area contributed by atoms with Gasteiger partial charge in [-0.3, -0.25) is 9.78 Å². The summed E-state index contributed by atoms with van der Waals surface area (Å²) in [5.41, 5.74) is 0.640. The van der Waals surface area contributed by atoms with Crippen LogP contribution in [0.3, 0.4) is 0 Å². The molecule has 0 fully saturated rings. The number of thioether (sulfide) groups is 1. The molecule has 94 valence electrons. The molecule has 0 aliphatic carbocycles. The van der Waals surface area contributed by atoms with Crippen LogP contribution in [0.25, 0.3) is 0 Å². The number of rotatable bonds is 5. The minimum atomic E-state index is -0.557. The molecule has 5 heteroatoms. The lowest BCUT2D eigenvalue weighted by Gasteiger charge is -2.08. The highest BCUT2D eigenvalue weighted by molar-refractivity contribution is 8.00. The number of hydrogen-bond donors (Lipinski definition) is 2. The van der Waals surface area contributed by atoms with E-state index in [0.717, 1.165) is 4.90 Å². The summed E-state index contributed by atoms with van der Waals surface area (Å²) in [6.07, 6.45) is 1.12. The van der Waals surface area contributed by atoms with E-state index < -0.39 is 6.10 Å². The molecule has 1 aromatic heterocycles. The fourth-order valence-electron chi connectivity index (χ4n) is 1.24. The van der Waals surface area contributed by atoms with Crippen molar-refractivity contribution in [3.8, 4) is 0 Å². The van der Waals surface area contributed by atoms with Gasteiger partial charge in [-0.1, -0.05) is 0 Å². The first-order chi connectivity index (χ1) is 7.99. The first-order valence-electron chi connectivity index (χ1n) is 5.55. The third-order valence-corrected chi connectivity index (χ3v) is 2.99. The van der Waals surface area contributed by atoms with Crippen LogP contribution >= 0.6 is 11.8 Å². The molecule has 0 saturated carbocycles. The van der Waals surface area contributed by atoms with Crippen molar-refractivity contribution >= 4 is 17.7 Å². The van der Waals surface area contributed by atoms with Crippen LogP contribution in [-0.4, -0.2) is 27.8 Å². The molecule has 0 bridgehead atoms. The molecule has 1 rings (SSSR count). The minimum absolute atomic E-state index is 0.0182. The van der Waals surface area contributed by atoms with Crippen LogP contribution in [0.1, 0.15) is 32.6 Å². The first-order valence-corrected chi connectivity index (χ1v) is 6.53. The van der Waals surface area contributed by atoms with E-state index in [2.05, 4.69) is 10.3 Å². The Balaban J connectivity index is 2.44. The average Bonchev–Trinajstić information content (AvgIpc) is 2.26. The van der Waals surface area contributed by atoms with Crippen molar-refractivity contribution in [2.24, 2.45) is 0 Å². The standard InChI is InChI=1S/C12H18N2O2S/c1-8(2)14-12(16)7-17-10-4-5-11(9(3)15)13-6-10/h4-6,8-9,15H,7H2,1-3H3,(H,14,16)/t9-/m1/s1.